The monoisotopic (exact) mass is 308 g/mol. The lowest BCUT2D eigenvalue weighted by Crippen LogP contribution is -2.53. The molecular weight excluding hydrogens is 292 g/mol. The number of nitrogens with zero attached hydrogens (tertiary/aromatic N) is 1. The van der Waals surface area contributed by atoms with Gasteiger partial charge in [-0.05, 0) is 30.5 Å². The molecule has 2 atom stereocenters. The molecule has 1 aliphatic heterocycles. The van der Waals surface area contributed by atoms with Crippen LogP contribution in [0.5, 0.6) is 0 Å². The van der Waals surface area contributed by atoms with Crippen LogP contribution in [-0.4, -0.2) is 42.5 Å². The summed E-state index contributed by atoms with van der Waals surface area (Å²) in [4.78, 5) is 25.8. The Morgan fingerprint density at radius 1 is 1.33 bits per heavy atom. The maximum atomic E-state index is 12.4. The van der Waals surface area contributed by atoms with Gasteiger partial charge in [0.25, 0.3) is 5.91 Å². The molecule has 0 bridgehead atoms. The predicted molar refractivity (Wildman–Crippen MR) is 77.9 cm³/mol. The summed E-state index contributed by atoms with van der Waals surface area (Å²) in [5.41, 5.74) is 0.839. The third kappa shape index (κ3) is 3.04. The average molecular weight is 309 g/mol. The van der Waals surface area contributed by atoms with Gasteiger partial charge < -0.3 is 15.0 Å². The van der Waals surface area contributed by atoms with Crippen LogP contribution in [0.15, 0.2) is 24.3 Å². The topological polar surface area (TPSA) is 58.6 Å². The van der Waals surface area contributed by atoms with Gasteiger partial charge in [-0.3, -0.25) is 9.59 Å². The van der Waals surface area contributed by atoms with Gasteiger partial charge in [0, 0.05) is 18.1 Å². The number of ether oxygens (including phenoxy) is 1. The van der Waals surface area contributed by atoms with Crippen molar-refractivity contribution in [2.24, 2.45) is 0 Å². The summed E-state index contributed by atoms with van der Waals surface area (Å²) in [5, 5.41) is 3.56. The minimum absolute atomic E-state index is 0.0661. The first-order chi connectivity index (χ1) is 10.1. The minimum atomic E-state index is -0.686. The van der Waals surface area contributed by atoms with Crippen molar-refractivity contribution >= 4 is 23.4 Å². The number of hydrogen-bond donors (Lipinski definition) is 1. The average Bonchev–Trinajstić information content (AvgIpc) is 3.27. The van der Waals surface area contributed by atoms with Gasteiger partial charge in [0.1, 0.15) is 6.61 Å². The molecule has 1 saturated heterocycles. The number of halogens is 1. The quantitative estimate of drug-likeness (QED) is 0.921. The van der Waals surface area contributed by atoms with Crippen molar-refractivity contribution in [3.63, 3.8) is 0 Å². The summed E-state index contributed by atoms with van der Waals surface area (Å²) in [6, 6.07) is 6.97. The number of rotatable bonds is 3. The predicted octanol–water partition coefficient (Wildman–Crippen LogP) is 1.52. The Kier molecular flexibility index (Phi) is 3.87. The highest BCUT2D eigenvalue weighted by molar-refractivity contribution is 6.30. The van der Waals surface area contributed by atoms with Gasteiger partial charge in [-0.2, -0.15) is 0 Å². The van der Waals surface area contributed by atoms with Gasteiger partial charge in [0.2, 0.25) is 5.91 Å². The summed E-state index contributed by atoms with van der Waals surface area (Å²) in [5.74, 6) is -0.290. The first-order valence-electron chi connectivity index (χ1n) is 6.99. The maximum Gasteiger partial charge on any atom is 0.251 e. The zero-order valence-corrected chi connectivity index (χ0v) is 12.5. The molecule has 112 valence electrons. The smallest absolute Gasteiger partial charge is 0.251 e. The Labute approximate surface area is 128 Å². The van der Waals surface area contributed by atoms with E-state index in [1.165, 1.54) is 0 Å². The van der Waals surface area contributed by atoms with Crippen molar-refractivity contribution in [2.75, 3.05) is 13.7 Å². The van der Waals surface area contributed by atoms with Crippen LogP contribution in [0, 0.1) is 0 Å². The van der Waals surface area contributed by atoms with Crippen LogP contribution in [0.2, 0.25) is 5.02 Å². The fraction of sp³-hybridized carbons (Fsp3) is 0.467. The number of nitrogens with one attached hydrogen (secondary N) is 1. The van der Waals surface area contributed by atoms with E-state index in [9.17, 15) is 9.59 Å². The van der Waals surface area contributed by atoms with Crippen LogP contribution in [-0.2, 0) is 14.3 Å². The van der Waals surface area contributed by atoms with E-state index in [0.29, 0.717) is 5.02 Å². The number of carbonyl (C=O) groups excluding carboxylic acids is 2. The fourth-order valence-electron chi connectivity index (χ4n) is 2.50. The minimum Gasteiger partial charge on any atom is -0.356 e. The van der Waals surface area contributed by atoms with Crippen molar-refractivity contribution in [1.29, 1.82) is 0 Å². The summed E-state index contributed by atoms with van der Waals surface area (Å²) in [6.45, 7) is -0.0661. The largest absolute Gasteiger partial charge is 0.356 e. The Morgan fingerprint density at radius 3 is 2.62 bits per heavy atom. The van der Waals surface area contributed by atoms with Crippen molar-refractivity contribution in [3.05, 3.63) is 34.9 Å². The normalized spacial score (nSPS) is 25.8. The van der Waals surface area contributed by atoms with E-state index in [0.717, 1.165) is 18.4 Å². The van der Waals surface area contributed by atoms with Gasteiger partial charge in [-0.1, -0.05) is 23.7 Å². The van der Waals surface area contributed by atoms with Crippen LogP contribution >= 0.6 is 11.6 Å². The Balaban J connectivity index is 1.86. The van der Waals surface area contributed by atoms with Crippen LogP contribution in [0.3, 0.4) is 0 Å². The molecule has 3 rings (SSSR count). The first-order valence-corrected chi connectivity index (χ1v) is 7.37. The molecular formula is C15H17ClN2O3. The zero-order chi connectivity index (χ0) is 15.0. The number of amides is 2. The SMILES string of the molecule is CN1C(=O)CO[C@H](C(=O)NC2CC2)[C@@H]1c1ccc(Cl)cc1. The molecule has 2 fully saturated rings. The molecule has 1 aliphatic carbocycles. The molecule has 1 aromatic rings. The summed E-state index contributed by atoms with van der Waals surface area (Å²) < 4.78 is 5.51. The highest BCUT2D eigenvalue weighted by Crippen LogP contribution is 2.30. The van der Waals surface area contributed by atoms with E-state index in [-0.39, 0.29) is 24.5 Å². The summed E-state index contributed by atoms with van der Waals surface area (Å²) in [6.07, 6.45) is 1.34. The van der Waals surface area contributed by atoms with Crippen LogP contribution < -0.4 is 5.32 Å². The lowest BCUT2D eigenvalue weighted by Gasteiger charge is -2.38. The molecule has 1 N–H and O–H groups in total. The Bertz CT molecular complexity index is 557. The third-order valence-electron chi connectivity index (χ3n) is 3.88. The third-order valence-corrected chi connectivity index (χ3v) is 4.13. The van der Waals surface area contributed by atoms with Gasteiger partial charge in [0.15, 0.2) is 6.10 Å². The van der Waals surface area contributed by atoms with Crippen molar-refractivity contribution in [2.45, 2.75) is 31.0 Å². The molecule has 5 nitrogen and oxygen atoms in total. The first kappa shape index (κ1) is 14.4. The molecule has 1 saturated carbocycles. The van der Waals surface area contributed by atoms with E-state index in [2.05, 4.69) is 5.32 Å². The second-order valence-electron chi connectivity index (χ2n) is 5.52. The molecule has 2 amide bonds. The molecule has 0 spiro atoms. The molecule has 0 radical (unpaired) electrons. The van der Waals surface area contributed by atoms with Crippen molar-refractivity contribution in [1.82, 2.24) is 10.2 Å². The highest BCUT2D eigenvalue weighted by atomic mass is 35.5. The van der Waals surface area contributed by atoms with Gasteiger partial charge in [0.05, 0.1) is 6.04 Å². The lowest BCUT2D eigenvalue weighted by atomic mass is 9.97. The van der Waals surface area contributed by atoms with Gasteiger partial charge in [-0.15, -0.1) is 0 Å². The highest BCUT2D eigenvalue weighted by Gasteiger charge is 2.41. The van der Waals surface area contributed by atoms with E-state index in [1.807, 2.05) is 12.1 Å². The molecule has 6 heteroatoms. The second-order valence-corrected chi connectivity index (χ2v) is 5.95. The molecule has 0 aromatic heterocycles. The Morgan fingerprint density at radius 2 is 2.00 bits per heavy atom. The lowest BCUT2D eigenvalue weighted by molar-refractivity contribution is -0.162. The van der Waals surface area contributed by atoms with Gasteiger partial charge >= 0.3 is 0 Å². The van der Waals surface area contributed by atoms with Crippen LogP contribution in [0.25, 0.3) is 0 Å². The number of morpholine rings is 1. The standard InChI is InChI=1S/C15H17ClN2O3/c1-18-12(19)8-21-14(15(20)17-11-6-7-11)13(18)9-2-4-10(16)5-3-9/h2-5,11,13-14H,6-8H2,1H3,(H,17,20)/t13-,14-/m0/s1. The van der Waals surface area contributed by atoms with E-state index in [1.54, 1.807) is 24.1 Å². The van der Waals surface area contributed by atoms with Crippen molar-refractivity contribution < 1.29 is 14.3 Å². The molecule has 2 aliphatic rings. The molecule has 21 heavy (non-hydrogen) atoms. The van der Waals surface area contributed by atoms with E-state index >= 15 is 0 Å². The van der Waals surface area contributed by atoms with E-state index in [4.69, 9.17) is 16.3 Å². The van der Waals surface area contributed by atoms with Gasteiger partial charge in [-0.25, -0.2) is 0 Å². The second kappa shape index (κ2) is 5.66. The van der Waals surface area contributed by atoms with E-state index < -0.39 is 12.1 Å². The number of benzene rings is 1. The van der Waals surface area contributed by atoms with Crippen molar-refractivity contribution in [3.8, 4) is 0 Å². The summed E-state index contributed by atoms with van der Waals surface area (Å²) >= 11 is 5.90. The zero-order valence-electron chi connectivity index (χ0n) is 11.7. The number of likely N-dealkylation sites (N-methyl/N-ethyl adjacent to an activating group) is 1. The molecule has 0 unspecified atom stereocenters. The molecule has 1 heterocycles. The Hall–Kier alpha value is -1.59. The van der Waals surface area contributed by atoms with Crippen LogP contribution in [0.4, 0.5) is 0 Å². The number of hydrogen-bond acceptors (Lipinski definition) is 3. The molecule has 1 aromatic carbocycles. The summed E-state index contributed by atoms with van der Waals surface area (Å²) in [7, 11) is 1.70. The van der Waals surface area contributed by atoms with Crippen LogP contribution in [0.1, 0.15) is 24.4 Å². The number of carbonyl (C=O) groups is 2. The fourth-order valence-corrected chi connectivity index (χ4v) is 2.63. The maximum absolute atomic E-state index is 12.4.